The number of benzene rings is 3. The van der Waals surface area contributed by atoms with Gasteiger partial charge in [-0.25, -0.2) is 15.0 Å². The lowest BCUT2D eigenvalue weighted by atomic mass is 9.94. The summed E-state index contributed by atoms with van der Waals surface area (Å²) in [5.41, 5.74) is 9.06. The minimum atomic E-state index is 0.746. The first-order chi connectivity index (χ1) is 21.0. The minimum Gasteiger partial charge on any atom is -0.304 e. The van der Waals surface area contributed by atoms with Crippen LogP contribution >= 0.6 is 0 Å². The molecule has 0 bridgehead atoms. The third kappa shape index (κ3) is 5.95. The molecule has 0 amide bonds. The molecule has 3 aromatic carbocycles. The van der Waals surface area contributed by atoms with Gasteiger partial charge in [-0.15, -0.1) is 0 Å². The van der Waals surface area contributed by atoms with Crippen molar-refractivity contribution in [2.75, 3.05) is 0 Å². The fraction of sp³-hybridized carbons (Fsp3) is 0.108. The average Bonchev–Trinajstić information content (AvgIpc) is 3.78. The van der Waals surface area contributed by atoms with Crippen molar-refractivity contribution in [2.24, 2.45) is 0 Å². The third-order valence-corrected chi connectivity index (χ3v) is 7.61. The van der Waals surface area contributed by atoms with Crippen LogP contribution < -0.4 is 0 Å². The van der Waals surface area contributed by atoms with Gasteiger partial charge in [0.1, 0.15) is 17.5 Å². The average molecular weight is 563 g/mol. The van der Waals surface area contributed by atoms with Crippen LogP contribution in [0.1, 0.15) is 23.0 Å². The quantitative estimate of drug-likeness (QED) is 0.166. The van der Waals surface area contributed by atoms with Gasteiger partial charge in [0, 0.05) is 54.3 Å². The van der Waals surface area contributed by atoms with E-state index in [4.69, 9.17) is 0 Å². The lowest BCUT2D eigenvalue weighted by Gasteiger charge is -2.14. The first kappa shape index (κ1) is 27.7. The Labute approximate surface area is 252 Å². The molecule has 0 N–H and O–H groups in total. The molecule has 0 saturated heterocycles. The van der Waals surface area contributed by atoms with E-state index in [1.165, 1.54) is 5.56 Å². The normalized spacial score (nSPS) is 11.8. The number of imidazole rings is 3. The highest BCUT2D eigenvalue weighted by atomic mass is 15.1. The molecule has 0 unspecified atom stereocenters. The molecule has 0 aliphatic carbocycles. The van der Waals surface area contributed by atoms with Gasteiger partial charge in [0.25, 0.3) is 0 Å². The number of hydrogen-bond acceptors (Lipinski definition) is 3. The van der Waals surface area contributed by atoms with Crippen LogP contribution in [0.5, 0.6) is 0 Å². The zero-order valence-electron chi connectivity index (χ0n) is 24.7. The second-order valence-electron chi connectivity index (χ2n) is 10.5. The Balaban J connectivity index is 1.46. The largest absolute Gasteiger partial charge is 0.304 e. The number of nitrogens with zero attached hydrogens (tertiary/aromatic N) is 6. The molecule has 6 rings (SSSR count). The molecule has 6 heteroatoms. The maximum Gasteiger partial charge on any atom is 0.110 e. The van der Waals surface area contributed by atoms with E-state index < -0.39 is 0 Å². The summed E-state index contributed by atoms with van der Waals surface area (Å²) in [6.07, 6.45) is 20.3. The summed E-state index contributed by atoms with van der Waals surface area (Å²) in [6, 6.07) is 24.1. The lowest BCUT2D eigenvalue weighted by Crippen LogP contribution is -1.98. The highest BCUT2D eigenvalue weighted by Crippen LogP contribution is 2.31. The SMILES string of the molecule is C=C/C=C\C(=C/Cc1cc(-c2cccc(-n3ccnc3C)c2)cc(-c2cccc(-n3ccnc3C)c2)c1)n1ccnc1C. The van der Waals surface area contributed by atoms with Crippen molar-refractivity contribution in [1.29, 1.82) is 0 Å². The minimum absolute atomic E-state index is 0.746. The Bertz CT molecular complexity index is 1860. The molecule has 43 heavy (non-hydrogen) atoms. The van der Waals surface area contributed by atoms with Crippen molar-refractivity contribution >= 4 is 5.70 Å². The Morgan fingerprint density at radius 2 is 1.23 bits per heavy atom. The van der Waals surface area contributed by atoms with E-state index >= 15 is 0 Å². The lowest BCUT2D eigenvalue weighted by molar-refractivity contribution is 0.975. The van der Waals surface area contributed by atoms with E-state index in [1.807, 2.05) is 64.0 Å². The third-order valence-electron chi connectivity index (χ3n) is 7.61. The Kier molecular flexibility index (Phi) is 7.83. The zero-order valence-corrected chi connectivity index (χ0v) is 24.7. The van der Waals surface area contributed by atoms with Crippen LogP contribution in [-0.4, -0.2) is 28.7 Å². The number of aromatic nitrogens is 6. The molecule has 0 radical (unpaired) electrons. The fourth-order valence-electron chi connectivity index (χ4n) is 5.40. The molecule has 3 aromatic heterocycles. The highest BCUT2D eigenvalue weighted by molar-refractivity contribution is 5.76. The maximum absolute atomic E-state index is 4.43. The molecule has 0 spiro atoms. The van der Waals surface area contributed by atoms with Crippen molar-refractivity contribution < 1.29 is 0 Å². The Morgan fingerprint density at radius 1 is 0.674 bits per heavy atom. The van der Waals surface area contributed by atoms with E-state index in [-0.39, 0.29) is 0 Å². The van der Waals surface area contributed by atoms with Crippen LogP contribution in [0, 0.1) is 20.8 Å². The number of allylic oxidation sites excluding steroid dienone is 5. The molecular weight excluding hydrogens is 528 g/mol. The molecule has 6 aromatic rings. The second-order valence-corrected chi connectivity index (χ2v) is 10.5. The van der Waals surface area contributed by atoms with E-state index in [0.717, 1.165) is 63.2 Å². The summed E-state index contributed by atoms with van der Waals surface area (Å²) < 4.78 is 6.32. The predicted octanol–water partition coefficient (Wildman–Crippen LogP) is 8.34. The van der Waals surface area contributed by atoms with Crippen molar-refractivity contribution in [3.8, 4) is 33.6 Å². The van der Waals surface area contributed by atoms with Crippen molar-refractivity contribution in [1.82, 2.24) is 28.7 Å². The maximum atomic E-state index is 4.43. The van der Waals surface area contributed by atoms with E-state index in [2.05, 4.69) is 114 Å². The van der Waals surface area contributed by atoms with Gasteiger partial charge in [-0.05, 0) is 91.4 Å². The van der Waals surface area contributed by atoms with Crippen molar-refractivity contribution in [3.05, 3.63) is 158 Å². The van der Waals surface area contributed by atoms with Gasteiger partial charge in [0.15, 0.2) is 0 Å². The highest BCUT2D eigenvalue weighted by Gasteiger charge is 2.10. The monoisotopic (exact) mass is 562 g/mol. The summed E-state index contributed by atoms with van der Waals surface area (Å²) in [5.74, 6) is 2.85. The van der Waals surface area contributed by atoms with Gasteiger partial charge in [0.05, 0.1) is 0 Å². The molecule has 212 valence electrons. The van der Waals surface area contributed by atoms with Gasteiger partial charge in [0.2, 0.25) is 0 Å². The summed E-state index contributed by atoms with van der Waals surface area (Å²) in [7, 11) is 0. The molecule has 0 saturated carbocycles. The topological polar surface area (TPSA) is 53.5 Å². The predicted molar refractivity (Wildman–Crippen MR) is 175 cm³/mol. The number of aryl methyl sites for hydroxylation is 3. The van der Waals surface area contributed by atoms with Crippen LogP contribution in [0.2, 0.25) is 0 Å². The van der Waals surface area contributed by atoms with Crippen LogP contribution in [0.15, 0.2) is 135 Å². The fourth-order valence-corrected chi connectivity index (χ4v) is 5.40. The van der Waals surface area contributed by atoms with Gasteiger partial charge >= 0.3 is 0 Å². The van der Waals surface area contributed by atoms with E-state index in [9.17, 15) is 0 Å². The Hall–Kier alpha value is -5.49. The molecule has 0 aliphatic rings. The van der Waals surface area contributed by atoms with Crippen molar-refractivity contribution in [3.63, 3.8) is 0 Å². The van der Waals surface area contributed by atoms with Gasteiger partial charge in [-0.2, -0.15) is 0 Å². The van der Waals surface area contributed by atoms with Crippen LogP contribution in [0.25, 0.3) is 39.3 Å². The Morgan fingerprint density at radius 3 is 1.72 bits per heavy atom. The second kappa shape index (κ2) is 12.2. The molecule has 0 atom stereocenters. The van der Waals surface area contributed by atoms with Crippen LogP contribution in [0.4, 0.5) is 0 Å². The van der Waals surface area contributed by atoms with Gasteiger partial charge < -0.3 is 13.7 Å². The number of rotatable bonds is 9. The molecular formula is C37H34N6. The first-order valence-corrected chi connectivity index (χ1v) is 14.4. The van der Waals surface area contributed by atoms with Crippen LogP contribution in [0.3, 0.4) is 0 Å². The van der Waals surface area contributed by atoms with E-state index in [0.29, 0.717) is 0 Å². The summed E-state index contributed by atoms with van der Waals surface area (Å²) in [4.78, 5) is 13.3. The van der Waals surface area contributed by atoms with Gasteiger partial charge in [-0.3, -0.25) is 0 Å². The summed E-state index contributed by atoms with van der Waals surface area (Å²) in [6.45, 7) is 9.91. The summed E-state index contributed by atoms with van der Waals surface area (Å²) in [5, 5.41) is 0. The molecule has 0 fully saturated rings. The van der Waals surface area contributed by atoms with Crippen molar-refractivity contribution in [2.45, 2.75) is 27.2 Å². The van der Waals surface area contributed by atoms with Crippen LogP contribution in [-0.2, 0) is 6.42 Å². The molecule has 6 nitrogen and oxygen atoms in total. The first-order valence-electron chi connectivity index (χ1n) is 14.4. The van der Waals surface area contributed by atoms with Gasteiger partial charge in [-0.1, -0.05) is 61.2 Å². The molecule has 3 heterocycles. The van der Waals surface area contributed by atoms with E-state index in [1.54, 1.807) is 6.08 Å². The smallest absolute Gasteiger partial charge is 0.110 e. The summed E-state index contributed by atoms with van der Waals surface area (Å²) >= 11 is 0. The zero-order chi connectivity index (χ0) is 29.8. The standard InChI is InChI=1S/C37H34N6/c1-5-6-11-35(41-19-16-38-27(41)2)15-14-30-22-33(31-9-7-12-36(25-31)42-20-17-39-28(42)3)24-34(23-30)32-10-8-13-37(26-32)43-21-18-40-29(43)4/h5-13,15-26H,1,14H2,2-4H3/b11-6-,35-15+. The number of hydrogen-bond donors (Lipinski definition) is 0. The molecule has 0 aliphatic heterocycles.